The number of nitro groups is 1. The number of hydrogen-bond acceptors (Lipinski definition) is 14. The first-order valence-corrected chi connectivity index (χ1v) is 18.5. The number of phenolic OH excluding ortho intramolecular Hbond substituents is 1. The van der Waals surface area contributed by atoms with Crippen LogP contribution in [0, 0.1) is 10.1 Å². The van der Waals surface area contributed by atoms with Gasteiger partial charge in [-0.1, -0.05) is 12.1 Å². The summed E-state index contributed by atoms with van der Waals surface area (Å²) in [4.78, 5) is 106. The summed E-state index contributed by atoms with van der Waals surface area (Å²) in [6.45, 7) is 0.567. The number of nitrogens with one attached hydrogen (secondary N) is 6. The lowest BCUT2D eigenvalue weighted by Crippen LogP contribution is -2.58. The number of amides is 7. The fourth-order valence-corrected chi connectivity index (χ4v) is 5.59. The van der Waals surface area contributed by atoms with Crippen molar-refractivity contribution in [3.05, 3.63) is 64.0 Å². The summed E-state index contributed by atoms with van der Waals surface area (Å²) in [6.07, 6.45) is 2.16. The van der Waals surface area contributed by atoms with Crippen LogP contribution in [-0.2, 0) is 46.4 Å². The van der Waals surface area contributed by atoms with Gasteiger partial charge < -0.3 is 59.3 Å². The van der Waals surface area contributed by atoms with E-state index in [1.54, 1.807) is 18.2 Å². The number of phenols is 1. The predicted octanol–water partition coefficient (Wildman–Crippen LogP) is -3.22. The van der Waals surface area contributed by atoms with E-state index in [1.165, 1.54) is 19.2 Å². The van der Waals surface area contributed by atoms with Crippen molar-refractivity contribution in [2.45, 2.75) is 88.5 Å². The van der Waals surface area contributed by atoms with Gasteiger partial charge in [0.1, 0.15) is 30.2 Å². The number of carbonyl (C=O) groups excluding carboxylic acids is 7. The van der Waals surface area contributed by atoms with Crippen LogP contribution in [0.4, 0.5) is 5.69 Å². The molecule has 0 spiro atoms. The topological polar surface area (TPSA) is 366 Å². The third-order valence-electron chi connectivity index (χ3n) is 8.57. The lowest BCUT2D eigenvalue weighted by Gasteiger charge is -2.25. The number of carbonyl (C=O) groups is 7. The minimum Gasteiger partial charge on any atom is -0.502 e. The molecule has 58 heavy (non-hydrogen) atoms. The van der Waals surface area contributed by atoms with Gasteiger partial charge in [-0.25, -0.2) is 0 Å². The summed E-state index contributed by atoms with van der Waals surface area (Å²) in [5.41, 5.74) is 16.4. The maximum absolute atomic E-state index is 13.9. The zero-order valence-corrected chi connectivity index (χ0v) is 32.1. The third kappa shape index (κ3) is 16.9. The van der Waals surface area contributed by atoms with Gasteiger partial charge in [0, 0.05) is 44.3 Å². The van der Waals surface area contributed by atoms with Crippen LogP contribution in [0.2, 0.25) is 0 Å². The van der Waals surface area contributed by atoms with Gasteiger partial charge >= 0.3 is 5.69 Å². The van der Waals surface area contributed by atoms with Crippen LogP contribution in [0.15, 0.2) is 42.6 Å². The van der Waals surface area contributed by atoms with Crippen LogP contribution in [0.5, 0.6) is 5.75 Å². The number of rotatable bonds is 26. The Balaban J connectivity index is 2.35. The maximum atomic E-state index is 13.9. The number of aliphatic hydroxyl groups excluding tert-OH is 1. The molecule has 14 N–H and O–H groups in total. The molecular weight excluding hydrogens is 762 g/mol. The maximum Gasteiger partial charge on any atom is 0.310 e. The number of aromatic nitrogens is 1. The van der Waals surface area contributed by atoms with Gasteiger partial charge in [-0.2, -0.15) is 0 Å². The van der Waals surface area contributed by atoms with E-state index in [0.29, 0.717) is 31.5 Å². The molecule has 0 aliphatic rings. The summed E-state index contributed by atoms with van der Waals surface area (Å²) in [6, 6.07) is 1.75. The molecule has 318 valence electrons. The SMILES string of the molecule is CC(=O)N[C@@H](CCO)C(=O)N[C@@H](CCCCN)C(=O)NCC(=O)N[C@@H](Cc1ccccn1)C(=O)N[C@@H](Cc1ccc(O)c([N+](=O)[O-])c1)C(=O)N[C@@H](CCCN)C(N)=O. The molecule has 22 nitrogen and oxygen atoms in total. The molecule has 0 radical (unpaired) electrons. The number of aliphatic hydroxyl groups is 1. The van der Waals surface area contributed by atoms with Crippen LogP contribution in [0.3, 0.4) is 0 Å². The first kappa shape index (κ1) is 47.9. The molecule has 0 saturated carbocycles. The summed E-state index contributed by atoms with van der Waals surface area (Å²) >= 11 is 0. The molecule has 1 aromatic heterocycles. The van der Waals surface area contributed by atoms with E-state index in [9.17, 15) is 53.9 Å². The van der Waals surface area contributed by atoms with Gasteiger partial charge in [-0.05, 0) is 75.4 Å². The number of nitrogens with two attached hydrogens (primary N) is 3. The second-order valence-electron chi connectivity index (χ2n) is 13.2. The zero-order chi connectivity index (χ0) is 43.2. The van der Waals surface area contributed by atoms with Gasteiger partial charge in [-0.15, -0.1) is 0 Å². The Bertz CT molecular complexity index is 1730. The van der Waals surface area contributed by atoms with Crippen molar-refractivity contribution in [1.82, 2.24) is 36.9 Å². The third-order valence-corrected chi connectivity index (χ3v) is 8.57. The van der Waals surface area contributed by atoms with Crippen molar-refractivity contribution in [2.75, 3.05) is 26.2 Å². The van der Waals surface area contributed by atoms with Gasteiger partial charge in [-0.3, -0.25) is 48.7 Å². The molecule has 0 aliphatic heterocycles. The molecule has 7 amide bonds. The van der Waals surface area contributed by atoms with Crippen LogP contribution < -0.4 is 49.1 Å². The Hall–Kier alpha value is -6.26. The largest absolute Gasteiger partial charge is 0.502 e. The zero-order valence-electron chi connectivity index (χ0n) is 32.1. The van der Waals surface area contributed by atoms with Gasteiger partial charge in [0.15, 0.2) is 5.75 Å². The Labute approximate surface area is 334 Å². The minimum atomic E-state index is -1.51. The summed E-state index contributed by atoms with van der Waals surface area (Å²) in [5.74, 6) is -6.25. The molecule has 0 saturated heterocycles. The fraction of sp³-hybridized carbons (Fsp3) is 0.500. The number of unbranched alkanes of at least 4 members (excludes halogenated alkanes) is 1. The smallest absolute Gasteiger partial charge is 0.310 e. The minimum absolute atomic E-state index is 0.0725. The second kappa shape index (κ2) is 25.1. The second-order valence-corrected chi connectivity index (χ2v) is 13.2. The van der Waals surface area contributed by atoms with E-state index in [-0.39, 0.29) is 44.2 Å². The summed E-state index contributed by atoms with van der Waals surface area (Å²) in [7, 11) is 0. The molecule has 0 fully saturated rings. The molecule has 0 bridgehead atoms. The van der Waals surface area contributed by atoms with Crippen LogP contribution in [0.1, 0.15) is 56.7 Å². The Kier molecular flexibility index (Phi) is 20.7. The quantitative estimate of drug-likeness (QED) is 0.0253. The fourth-order valence-electron chi connectivity index (χ4n) is 5.59. The lowest BCUT2D eigenvalue weighted by atomic mass is 10.0. The van der Waals surface area contributed by atoms with Crippen molar-refractivity contribution in [2.24, 2.45) is 17.2 Å². The molecule has 0 aliphatic carbocycles. The first-order chi connectivity index (χ1) is 27.6. The van der Waals surface area contributed by atoms with Crippen molar-refractivity contribution in [3.63, 3.8) is 0 Å². The monoisotopic (exact) mass is 815 g/mol. The average molecular weight is 816 g/mol. The van der Waals surface area contributed by atoms with Crippen molar-refractivity contribution in [3.8, 4) is 5.75 Å². The number of benzene rings is 1. The summed E-state index contributed by atoms with van der Waals surface area (Å²) < 4.78 is 0. The first-order valence-electron chi connectivity index (χ1n) is 18.5. The molecule has 2 aromatic rings. The van der Waals surface area contributed by atoms with Gasteiger partial charge in [0.25, 0.3) is 0 Å². The predicted molar refractivity (Wildman–Crippen MR) is 207 cm³/mol. The number of aromatic hydroxyl groups is 1. The van der Waals surface area contributed by atoms with Crippen molar-refractivity contribution >= 4 is 47.0 Å². The van der Waals surface area contributed by atoms with Crippen molar-refractivity contribution in [1.29, 1.82) is 0 Å². The molecule has 0 unspecified atom stereocenters. The van der Waals surface area contributed by atoms with E-state index in [0.717, 1.165) is 12.1 Å². The number of hydrogen-bond donors (Lipinski definition) is 11. The number of nitro benzene ring substituents is 1. The lowest BCUT2D eigenvalue weighted by molar-refractivity contribution is -0.385. The van der Waals surface area contributed by atoms with Gasteiger partial charge in [0.2, 0.25) is 41.4 Å². The van der Waals surface area contributed by atoms with E-state index in [4.69, 9.17) is 17.2 Å². The van der Waals surface area contributed by atoms with Crippen LogP contribution in [-0.4, -0.2) is 118 Å². The standard InChI is InChI=1S/C36H53N11O11/c1-21(49)42-26(12-16-48)34(54)45-25(8-2-4-13-37)33(53)41-20-31(51)43-28(19-23-7-3-5-15-40-23)36(56)46-27(35(55)44-24(32(39)52)9-6-14-38)17-22-10-11-30(50)29(18-22)47(57)58/h3,5,7,10-11,15,18,24-28,48,50H,2,4,6,8-9,12-14,16-17,19-20,37-38H2,1H3,(H2,39,52)(H,41,53)(H,42,49)(H,43,51)(H,44,55)(H,45,54)(H,46,56)/t24-,25-,26-,27-,28-/m0/s1. The highest BCUT2D eigenvalue weighted by Gasteiger charge is 2.31. The van der Waals surface area contributed by atoms with E-state index in [2.05, 4.69) is 36.9 Å². The number of nitrogens with zero attached hydrogens (tertiary/aromatic N) is 2. The molecule has 22 heteroatoms. The average Bonchev–Trinajstić information content (AvgIpc) is 3.18. The molecule has 1 heterocycles. The Morgan fingerprint density at radius 3 is 1.95 bits per heavy atom. The van der Waals surface area contributed by atoms with Crippen molar-refractivity contribution < 1.29 is 48.7 Å². The normalized spacial score (nSPS) is 13.4. The van der Waals surface area contributed by atoms with Gasteiger partial charge in [0.05, 0.1) is 11.5 Å². The Morgan fingerprint density at radius 2 is 1.36 bits per heavy atom. The summed E-state index contributed by atoms with van der Waals surface area (Å²) in [5, 5.41) is 45.7. The molecule has 5 atom stereocenters. The van der Waals surface area contributed by atoms with Crippen LogP contribution >= 0.6 is 0 Å². The highest BCUT2D eigenvalue weighted by atomic mass is 16.6. The van der Waals surface area contributed by atoms with E-state index in [1.807, 2.05) is 0 Å². The van der Waals surface area contributed by atoms with Crippen LogP contribution in [0.25, 0.3) is 0 Å². The highest BCUT2D eigenvalue weighted by Crippen LogP contribution is 2.27. The van der Waals surface area contributed by atoms with E-state index >= 15 is 0 Å². The number of primary amides is 1. The molecule has 2 rings (SSSR count). The number of pyridine rings is 1. The van der Waals surface area contributed by atoms with E-state index < -0.39 is 101 Å². The Morgan fingerprint density at radius 1 is 0.759 bits per heavy atom. The molecule has 1 aromatic carbocycles. The molecular formula is C36H53N11O11. The highest BCUT2D eigenvalue weighted by molar-refractivity contribution is 5.96.